The molecule has 0 aliphatic heterocycles. The zero-order chi connectivity index (χ0) is 17.4. The van der Waals surface area contributed by atoms with Crippen molar-refractivity contribution in [3.8, 4) is 0 Å². The Labute approximate surface area is 150 Å². The molecule has 1 fully saturated rings. The van der Waals surface area contributed by atoms with Gasteiger partial charge >= 0.3 is 0 Å². The van der Waals surface area contributed by atoms with Crippen LogP contribution in [0.2, 0.25) is 0 Å². The Bertz CT molecular complexity index is 772. The lowest BCUT2D eigenvalue weighted by atomic mass is 9.76. The van der Waals surface area contributed by atoms with Crippen molar-refractivity contribution >= 4 is 23.2 Å². The number of nitrogens with two attached hydrogens (primary N) is 1. The van der Waals surface area contributed by atoms with Crippen molar-refractivity contribution in [2.45, 2.75) is 50.7 Å². The van der Waals surface area contributed by atoms with Gasteiger partial charge in [-0.05, 0) is 55.9 Å². The Hall–Kier alpha value is -1.99. The van der Waals surface area contributed by atoms with Gasteiger partial charge in [-0.15, -0.1) is 11.3 Å². The van der Waals surface area contributed by atoms with Crippen LogP contribution >= 0.6 is 11.3 Å². The van der Waals surface area contributed by atoms with E-state index < -0.39 is 0 Å². The number of rotatable bonds is 4. The third-order valence-electron chi connectivity index (χ3n) is 5.17. The Morgan fingerprint density at radius 3 is 2.84 bits per heavy atom. The molecule has 0 aromatic carbocycles. The van der Waals surface area contributed by atoms with E-state index in [0.29, 0.717) is 18.5 Å². The van der Waals surface area contributed by atoms with E-state index in [-0.39, 0.29) is 29.9 Å². The third kappa shape index (κ3) is 3.26. The van der Waals surface area contributed by atoms with Crippen LogP contribution in [0.5, 0.6) is 0 Å². The number of nitrogens with zero attached hydrogens (tertiary/aromatic N) is 2. The first-order valence-corrected chi connectivity index (χ1v) is 9.67. The highest BCUT2D eigenvalue weighted by Crippen LogP contribution is 2.39. The van der Waals surface area contributed by atoms with Crippen molar-refractivity contribution in [3.63, 3.8) is 0 Å². The summed E-state index contributed by atoms with van der Waals surface area (Å²) in [6.45, 7) is 0. The number of anilines is 1. The second-order valence-corrected chi connectivity index (χ2v) is 7.89. The summed E-state index contributed by atoms with van der Waals surface area (Å²) in [5, 5.41) is 14.8. The Balaban J connectivity index is 1.61. The molecule has 4 rings (SSSR count). The standard InChI is InChI=1S/C18H22N4O2S/c19-18-20-13-5-2-1-4-12(13)16(22-18)17(24)21-15(10-8-11(23)9-10)14-6-3-7-25-14/h3,6-7,10-11,15,23H,1-2,4-5,8-9H2,(H,21,24)(H2,19,20,22)/t10?,11?,15-/m0/s1. The number of thiophene rings is 1. The number of nitrogens with one attached hydrogen (secondary N) is 1. The minimum atomic E-state index is -0.258. The summed E-state index contributed by atoms with van der Waals surface area (Å²) in [6.07, 6.45) is 4.97. The molecule has 2 aromatic rings. The maximum atomic E-state index is 13.0. The first-order chi connectivity index (χ1) is 12.1. The van der Waals surface area contributed by atoms with E-state index in [9.17, 15) is 9.90 Å². The van der Waals surface area contributed by atoms with Crippen LogP contribution in [0.3, 0.4) is 0 Å². The maximum absolute atomic E-state index is 13.0. The number of carbonyl (C=O) groups is 1. The van der Waals surface area contributed by atoms with E-state index in [4.69, 9.17) is 5.73 Å². The zero-order valence-corrected chi connectivity index (χ0v) is 14.8. The number of hydrogen-bond acceptors (Lipinski definition) is 6. The first kappa shape index (κ1) is 16.5. The molecule has 0 unspecified atom stereocenters. The van der Waals surface area contributed by atoms with Crippen molar-refractivity contribution in [3.05, 3.63) is 39.3 Å². The van der Waals surface area contributed by atoms with Crippen LogP contribution in [0.1, 0.15) is 58.3 Å². The van der Waals surface area contributed by atoms with Crippen molar-refractivity contribution in [1.29, 1.82) is 0 Å². The number of aryl methyl sites for hydroxylation is 1. The fraction of sp³-hybridized carbons (Fsp3) is 0.500. The molecule has 0 radical (unpaired) electrons. The molecule has 132 valence electrons. The third-order valence-corrected chi connectivity index (χ3v) is 6.13. The summed E-state index contributed by atoms with van der Waals surface area (Å²) in [6, 6.07) is 3.93. The first-order valence-electron chi connectivity index (χ1n) is 8.79. The van der Waals surface area contributed by atoms with Gasteiger partial charge in [-0.2, -0.15) is 0 Å². The predicted octanol–water partition coefficient (Wildman–Crippen LogP) is 2.24. The van der Waals surface area contributed by atoms with Crippen LogP contribution in [0, 0.1) is 5.92 Å². The highest BCUT2D eigenvalue weighted by atomic mass is 32.1. The number of carbonyl (C=O) groups excluding carboxylic acids is 1. The fourth-order valence-corrected chi connectivity index (χ4v) is 4.67. The van der Waals surface area contributed by atoms with Gasteiger partial charge in [0.25, 0.3) is 5.91 Å². The molecule has 1 saturated carbocycles. The summed E-state index contributed by atoms with van der Waals surface area (Å²) in [4.78, 5) is 22.7. The van der Waals surface area contributed by atoms with E-state index in [1.807, 2.05) is 17.5 Å². The Morgan fingerprint density at radius 2 is 2.12 bits per heavy atom. The lowest BCUT2D eigenvalue weighted by molar-refractivity contribution is 0.0240. The predicted molar refractivity (Wildman–Crippen MR) is 96.3 cm³/mol. The number of fused-ring (bicyclic) bond motifs is 1. The summed E-state index contributed by atoms with van der Waals surface area (Å²) in [7, 11) is 0. The van der Waals surface area contributed by atoms with Crippen LogP contribution in [0.25, 0.3) is 0 Å². The van der Waals surface area contributed by atoms with Crippen LogP contribution < -0.4 is 11.1 Å². The molecule has 7 heteroatoms. The zero-order valence-electron chi connectivity index (χ0n) is 13.9. The maximum Gasteiger partial charge on any atom is 0.270 e. The number of aliphatic hydroxyl groups is 1. The monoisotopic (exact) mass is 358 g/mol. The van der Waals surface area contributed by atoms with E-state index in [2.05, 4.69) is 15.3 Å². The topological polar surface area (TPSA) is 101 Å². The highest BCUT2D eigenvalue weighted by molar-refractivity contribution is 7.10. The van der Waals surface area contributed by atoms with Crippen molar-refractivity contribution in [2.75, 3.05) is 5.73 Å². The molecule has 0 spiro atoms. The smallest absolute Gasteiger partial charge is 0.270 e. The van der Waals surface area contributed by atoms with Crippen LogP contribution in [0.4, 0.5) is 5.95 Å². The molecule has 4 N–H and O–H groups in total. The van der Waals surface area contributed by atoms with Gasteiger partial charge in [0.1, 0.15) is 5.69 Å². The molecule has 1 atom stereocenters. The molecule has 6 nitrogen and oxygen atoms in total. The molecule has 0 saturated heterocycles. The van der Waals surface area contributed by atoms with E-state index in [0.717, 1.165) is 41.8 Å². The molecule has 1 amide bonds. The van der Waals surface area contributed by atoms with Crippen LogP contribution in [-0.2, 0) is 12.8 Å². The molecule has 2 aliphatic carbocycles. The number of amides is 1. The summed E-state index contributed by atoms with van der Waals surface area (Å²) in [5.74, 6) is 0.234. The molecule has 0 bridgehead atoms. The Morgan fingerprint density at radius 1 is 1.32 bits per heavy atom. The summed E-state index contributed by atoms with van der Waals surface area (Å²) < 4.78 is 0. The van der Waals surface area contributed by atoms with Gasteiger partial charge in [-0.1, -0.05) is 6.07 Å². The fourth-order valence-electron chi connectivity index (χ4n) is 3.80. The SMILES string of the molecule is Nc1nc2c(c(C(=O)N[C@H](c3cccs3)C3CC(O)C3)n1)CCCC2. The second-order valence-electron chi connectivity index (χ2n) is 6.91. The van der Waals surface area contributed by atoms with Crippen LogP contribution in [0.15, 0.2) is 17.5 Å². The molecule has 2 aromatic heterocycles. The van der Waals surface area contributed by atoms with Gasteiger partial charge in [-0.3, -0.25) is 4.79 Å². The lowest BCUT2D eigenvalue weighted by Gasteiger charge is -2.37. The molecular weight excluding hydrogens is 336 g/mol. The minimum absolute atomic E-state index is 0.0914. The number of aromatic nitrogens is 2. The number of hydrogen-bond donors (Lipinski definition) is 3. The van der Waals surface area contributed by atoms with E-state index in [1.54, 1.807) is 11.3 Å². The van der Waals surface area contributed by atoms with Crippen molar-refractivity contribution in [2.24, 2.45) is 5.92 Å². The average molecular weight is 358 g/mol. The molecular formula is C18H22N4O2S. The molecule has 2 heterocycles. The van der Waals surface area contributed by atoms with Gasteiger partial charge in [0.2, 0.25) is 5.95 Å². The van der Waals surface area contributed by atoms with Gasteiger partial charge < -0.3 is 16.2 Å². The van der Waals surface area contributed by atoms with Gasteiger partial charge in [0, 0.05) is 16.1 Å². The average Bonchev–Trinajstić information content (AvgIpc) is 3.10. The van der Waals surface area contributed by atoms with Crippen molar-refractivity contribution < 1.29 is 9.90 Å². The normalized spacial score (nSPS) is 23.4. The van der Waals surface area contributed by atoms with Gasteiger partial charge in [0.15, 0.2) is 0 Å². The van der Waals surface area contributed by atoms with Crippen molar-refractivity contribution in [1.82, 2.24) is 15.3 Å². The van der Waals surface area contributed by atoms with E-state index >= 15 is 0 Å². The molecule has 25 heavy (non-hydrogen) atoms. The summed E-state index contributed by atoms with van der Waals surface area (Å²) >= 11 is 1.63. The minimum Gasteiger partial charge on any atom is -0.393 e. The number of nitrogen functional groups attached to an aromatic ring is 1. The molecule has 2 aliphatic rings. The largest absolute Gasteiger partial charge is 0.393 e. The van der Waals surface area contributed by atoms with E-state index in [1.165, 1.54) is 0 Å². The lowest BCUT2D eigenvalue weighted by Crippen LogP contribution is -2.41. The highest BCUT2D eigenvalue weighted by Gasteiger charge is 2.37. The summed E-state index contributed by atoms with van der Waals surface area (Å²) in [5.41, 5.74) is 8.10. The second kappa shape index (κ2) is 6.72. The Kier molecular flexibility index (Phi) is 4.43. The quantitative estimate of drug-likeness (QED) is 0.778. The number of aliphatic hydroxyl groups excluding tert-OH is 1. The van der Waals surface area contributed by atoms with Gasteiger partial charge in [-0.25, -0.2) is 9.97 Å². The van der Waals surface area contributed by atoms with Crippen LogP contribution in [-0.4, -0.2) is 27.1 Å². The van der Waals surface area contributed by atoms with Gasteiger partial charge in [0.05, 0.1) is 12.1 Å².